The van der Waals surface area contributed by atoms with Gasteiger partial charge in [-0.25, -0.2) is 9.97 Å². The molecule has 6 heteroatoms. The van der Waals surface area contributed by atoms with Crippen molar-refractivity contribution in [3.8, 4) is 5.75 Å². The van der Waals surface area contributed by atoms with E-state index in [0.29, 0.717) is 22.5 Å². The van der Waals surface area contributed by atoms with Gasteiger partial charge in [-0.15, -0.1) is 0 Å². The zero-order valence-electron chi connectivity index (χ0n) is 14.7. The minimum Gasteiger partial charge on any atom is -0.497 e. The first-order chi connectivity index (χ1) is 12.5. The smallest absolute Gasteiger partial charge is 0.261 e. The Balaban J connectivity index is 1.72. The Bertz CT molecular complexity index is 1130. The minimum absolute atomic E-state index is 0.300. The van der Waals surface area contributed by atoms with E-state index in [2.05, 4.69) is 15.3 Å². The molecule has 0 saturated carbocycles. The van der Waals surface area contributed by atoms with Crippen LogP contribution in [0.4, 0.5) is 5.69 Å². The van der Waals surface area contributed by atoms with Gasteiger partial charge in [0.2, 0.25) is 5.71 Å². The Hall–Kier alpha value is -3.41. The summed E-state index contributed by atoms with van der Waals surface area (Å²) < 4.78 is 10.6. The molecule has 0 fully saturated rings. The van der Waals surface area contributed by atoms with Crippen molar-refractivity contribution in [2.24, 2.45) is 0 Å². The number of nitrogens with one attached hydrogen (secondary N) is 1. The third-order valence-electron chi connectivity index (χ3n) is 4.38. The number of methoxy groups -OCH3 is 1. The number of benzene rings is 2. The van der Waals surface area contributed by atoms with Crippen LogP contribution in [0.15, 0.2) is 47.1 Å². The SMILES string of the molecule is COc1ccc(NC(=O)c2coc3nc4cc(C)c(C)cc4nc23)cc1. The Labute approximate surface area is 149 Å². The van der Waals surface area contributed by atoms with Crippen molar-refractivity contribution < 1.29 is 13.9 Å². The maximum Gasteiger partial charge on any atom is 0.261 e. The number of carbonyl (C=O) groups excluding carboxylic acids is 1. The highest BCUT2D eigenvalue weighted by Gasteiger charge is 2.17. The number of anilines is 1. The molecule has 1 N–H and O–H groups in total. The molecule has 4 rings (SSSR count). The number of rotatable bonds is 3. The van der Waals surface area contributed by atoms with Crippen LogP contribution in [-0.4, -0.2) is 23.0 Å². The number of hydrogen-bond acceptors (Lipinski definition) is 5. The summed E-state index contributed by atoms with van der Waals surface area (Å²) in [6.45, 7) is 4.05. The van der Waals surface area contributed by atoms with E-state index in [4.69, 9.17) is 9.15 Å². The monoisotopic (exact) mass is 347 g/mol. The summed E-state index contributed by atoms with van der Waals surface area (Å²) in [5.74, 6) is 0.422. The molecule has 0 atom stereocenters. The van der Waals surface area contributed by atoms with Crippen molar-refractivity contribution >= 4 is 33.9 Å². The molecule has 0 radical (unpaired) electrons. The molecule has 1 amide bonds. The van der Waals surface area contributed by atoms with E-state index in [1.165, 1.54) is 6.26 Å². The van der Waals surface area contributed by atoms with Crippen molar-refractivity contribution in [1.82, 2.24) is 9.97 Å². The van der Waals surface area contributed by atoms with Gasteiger partial charge in [0.1, 0.15) is 23.1 Å². The Morgan fingerprint density at radius 3 is 2.35 bits per heavy atom. The molecular weight excluding hydrogens is 330 g/mol. The maximum atomic E-state index is 12.6. The third-order valence-corrected chi connectivity index (χ3v) is 4.38. The molecule has 0 aliphatic rings. The average molecular weight is 347 g/mol. The Kier molecular flexibility index (Phi) is 3.80. The summed E-state index contributed by atoms with van der Waals surface area (Å²) in [6, 6.07) is 11.0. The number of aryl methyl sites for hydroxylation is 2. The van der Waals surface area contributed by atoms with E-state index in [0.717, 1.165) is 27.9 Å². The van der Waals surface area contributed by atoms with Crippen LogP contribution in [0, 0.1) is 13.8 Å². The number of hydrogen-bond donors (Lipinski definition) is 1. The molecule has 26 heavy (non-hydrogen) atoms. The molecule has 0 spiro atoms. The predicted octanol–water partition coefficient (Wildman–Crippen LogP) is 4.25. The van der Waals surface area contributed by atoms with Gasteiger partial charge in [0.15, 0.2) is 0 Å². The summed E-state index contributed by atoms with van der Waals surface area (Å²) in [7, 11) is 1.59. The van der Waals surface area contributed by atoms with Gasteiger partial charge in [-0.05, 0) is 61.4 Å². The first-order valence-electron chi connectivity index (χ1n) is 8.17. The van der Waals surface area contributed by atoms with Crippen molar-refractivity contribution in [3.05, 3.63) is 59.4 Å². The molecule has 2 heterocycles. The lowest BCUT2D eigenvalue weighted by Gasteiger charge is -2.05. The van der Waals surface area contributed by atoms with Crippen LogP contribution in [0.2, 0.25) is 0 Å². The number of nitrogens with zero attached hydrogens (tertiary/aromatic N) is 2. The van der Waals surface area contributed by atoms with Gasteiger partial charge >= 0.3 is 0 Å². The first-order valence-corrected chi connectivity index (χ1v) is 8.17. The van der Waals surface area contributed by atoms with E-state index in [-0.39, 0.29) is 5.91 Å². The fraction of sp³-hybridized carbons (Fsp3) is 0.150. The fourth-order valence-corrected chi connectivity index (χ4v) is 2.76. The highest BCUT2D eigenvalue weighted by atomic mass is 16.5. The Morgan fingerprint density at radius 2 is 1.69 bits per heavy atom. The summed E-state index contributed by atoms with van der Waals surface area (Å²) in [6.07, 6.45) is 1.39. The molecule has 2 aromatic carbocycles. The van der Waals surface area contributed by atoms with Crippen LogP contribution in [-0.2, 0) is 0 Å². The number of furan rings is 1. The topological polar surface area (TPSA) is 77.2 Å². The molecule has 6 nitrogen and oxygen atoms in total. The van der Waals surface area contributed by atoms with Crippen molar-refractivity contribution in [2.45, 2.75) is 13.8 Å². The average Bonchev–Trinajstić information content (AvgIpc) is 3.04. The van der Waals surface area contributed by atoms with E-state index in [1.54, 1.807) is 31.4 Å². The van der Waals surface area contributed by atoms with Crippen LogP contribution >= 0.6 is 0 Å². The van der Waals surface area contributed by atoms with Crippen LogP contribution < -0.4 is 10.1 Å². The molecule has 2 aromatic heterocycles. The molecule has 0 unspecified atom stereocenters. The Morgan fingerprint density at radius 1 is 1.04 bits per heavy atom. The van der Waals surface area contributed by atoms with Crippen LogP contribution in [0.1, 0.15) is 21.5 Å². The fourth-order valence-electron chi connectivity index (χ4n) is 2.76. The number of ether oxygens (including phenoxy) is 1. The van der Waals surface area contributed by atoms with E-state index < -0.39 is 0 Å². The molecular formula is C20H17N3O3. The van der Waals surface area contributed by atoms with E-state index in [1.807, 2.05) is 26.0 Å². The predicted molar refractivity (Wildman–Crippen MR) is 99.7 cm³/mol. The van der Waals surface area contributed by atoms with Crippen molar-refractivity contribution in [1.29, 1.82) is 0 Å². The largest absolute Gasteiger partial charge is 0.497 e. The third kappa shape index (κ3) is 2.75. The molecule has 0 saturated heterocycles. The summed E-state index contributed by atoms with van der Waals surface area (Å²) >= 11 is 0. The van der Waals surface area contributed by atoms with Crippen LogP contribution in [0.5, 0.6) is 5.75 Å². The van der Waals surface area contributed by atoms with Gasteiger partial charge in [0.25, 0.3) is 5.91 Å². The highest BCUT2D eigenvalue weighted by Crippen LogP contribution is 2.24. The lowest BCUT2D eigenvalue weighted by atomic mass is 10.1. The first kappa shape index (κ1) is 16.1. The number of aromatic nitrogens is 2. The molecule has 0 bridgehead atoms. The van der Waals surface area contributed by atoms with Gasteiger partial charge in [0, 0.05) is 5.69 Å². The standard InChI is InChI=1S/C20H17N3O3/c1-11-8-16-17(9-12(11)2)23-20-18(22-16)15(10-26-20)19(24)21-13-4-6-14(25-3)7-5-13/h4-10H,1-3H3,(H,21,24). The lowest BCUT2D eigenvalue weighted by Crippen LogP contribution is -2.11. The second-order valence-electron chi connectivity index (χ2n) is 6.13. The van der Waals surface area contributed by atoms with Gasteiger partial charge in [-0.2, -0.15) is 0 Å². The molecule has 4 aromatic rings. The second kappa shape index (κ2) is 6.15. The zero-order chi connectivity index (χ0) is 18.3. The summed E-state index contributed by atoms with van der Waals surface area (Å²) in [5.41, 5.74) is 5.55. The number of carbonyl (C=O) groups is 1. The minimum atomic E-state index is -0.300. The van der Waals surface area contributed by atoms with Crippen molar-refractivity contribution in [2.75, 3.05) is 12.4 Å². The maximum absolute atomic E-state index is 12.6. The highest BCUT2D eigenvalue weighted by molar-refractivity contribution is 6.11. The van der Waals surface area contributed by atoms with Gasteiger partial charge in [-0.1, -0.05) is 0 Å². The van der Waals surface area contributed by atoms with E-state index >= 15 is 0 Å². The van der Waals surface area contributed by atoms with Crippen LogP contribution in [0.3, 0.4) is 0 Å². The molecule has 0 aliphatic carbocycles. The zero-order valence-corrected chi connectivity index (χ0v) is 14.7. The van der Waals surface area contributed by atoms with Gasteiger partial charge < -0.3 is 14.5 Å². The molecule has 130 valence electrons. The summed E-state index contributed by atoms with van der Waals surface area (Å²) in [5, 5.41) is 2.83. The van der Waals surface area contributed by atoms with Crippen molar-refractivity contribution in [3.63, 3.8) is 0 Å². The van der Waals surface area contributed by atoms with Crippen LogP contribution in [0.25, 0.3) is 22.3 Å². The summed E-state index contributed by atoms with van der Waals surface area (Å²) in [4.78, 5) is 21.7. The number of fused-ring (bicyclic) bond motifs is 2. The number of amides is 1. The van der Waals surface area contributed by atoms with Gasteiger partial charge in [0.05, 0.1) is 18.1 Å². The van der Waals surface area contributed by atoms with Gasteiger partial charge in [-0.3, -0.25) is 4.79 Å². The quantitative estimate of drug-likeness (QED) is 0.599. The molecule has 0 aliphatic heterocycles. The second-order valence-corrected chi connectivity index (χ2v) is 6.13. The van der Waals surface area contributed by atoms with E-state index in [9.17, 15) is 4.79 Å². The normalized spacial score (nSPS) is 11.0. The lowest BCUT2D eigenvalue weighted by molar-refractivity contribution is 0.102.